The average molecular weight is 391 g/mol. The smallest absolute Gasteiger partial charge is 0.263 e. The Morgan fingerprint density at radius 2 is 2.00 bits per heavy atom. The summed E-state index contributed by atoms with van der Waals surface area (Å²) in [5, 5.41) is 7.38. The predicted molar refractivity (Wildman–Crippen MR) is 111 cm³/mol. The zero-order valence-corrected chi connectivity index (χ0v) is 16.7. The maximum Gasteiger partial charge on any atom is 0.263 e. The zero-order valence-electron chi connectivity index (χ0n) is 16.7. The van der Waals surface area contributed by atoms with E-state index in [2.05, 4.69) is 32.3 Å². The van der Waals surface area contributed by atoms with Gasteiger partial charge in [0.15, 0.2) is 0 Å². The number of carbonyl (C=O) groups is 1. The van der Waals surface area contributed by atoms with Crippen LogP contribution in [0.25, 0.3) is 11.1 Å². The van der Waals surface area contributed by atoms with E-state index in [9.17, 15) is 9.59 Å². The van der Waals surface area contributed by atoms with Crippen molar-refractivity contribution in [1.82, 2.24) is 25.1 Å². The molecule has 0 radical (unpaired) electrons. The molecule has 7 nitrogen and oxygen atoms in total. The topological polar surface area (TPSA) is 94.7 Å². The molecular weight excluding hydrogens is 366 g/mol. The lowest BCUT2D eigenvalue weighted by Gasteiger charge is -2.32. The summed E-state index contributed by atoms with van der Waals surface area (Å²) < 4.78 is 0. The molecule has 1 fully saturated rings. The van der Waals surface area contributed by atoms with Crippen molar-refractivity contribution < 1.29 is 4.79 Å². The number of carbonyl (C=O) groups excluding carboxylic acids is 1. The standard InChI is InChI=1S/C22H25N5O2/c1-14(2)20-23-11-18(21(28)25-20)22(29)27-10-6-9-16(13-27)19-17(12-24-26-19)15-7-4-3-5-8-15/h3-5,7-8,11-12,14,16H,6,9-10,13H2,1-2H3,(H,24,26)(H,23,25,28)/t16-/m1/s1. The van der Waals surface area contributed by atoms with Gasteiger partial charge in [-0.3, -0.25) is 14.7 Å². The van der Waals surface area contributed by atoms with Crippen molar-refractivity contribution in [3.8, 4) is 11.1 Å². The van der Waals surface area contributed by atoms with Crippen molar-refractivity contribution in [2.75, 3.05) is 13.1 Å². The number of aromatic nitrogens is 4. The molecule has 0 unspecified atom stereocenters. The van der Waals surface area contributed by atoms with Crippen LogP contribution in [0.3, 0.4) is 0 Å². The fourth-order valence-electron chi connectivity index (χ4n) is 3.88. The number of amides is 1. The predicted octanol–water partition coefficient (Wildman–Crippen LogP) is 3.30. The Labute approximate surface area is 169 Å². The highest BCUT2D eigenvalue weighted by atomic mass is 16.2. The summed E-state index contributed by atoms with van der Waals surface area (Å²) in [6, 6.07) is 10.1. The maximum absolute atomic E-state index is 13.0. The van der Waals surface area contributed by atoms with Crippen LogP contribution in [0.5, 0.6) is 0 Å². The van der Waals surface area contributed by atoms with Crippen LogP contribution in [-0.2, 0) is 0 Å². The van der Waals surface area contributed by atoms with Gasteiger partial charge in [-0.15, -0.1) is 0 Å². The van der Waals surface area contributed by atoms with Gasteiger partial charge in [0.05, 0.1) is 6.20 Å². The number of nitrogens with one attached hydrogen (secondary N) is 2. The van der Waals surface area contributed by atoms with E-state index in [0.717, 1.165) is 29.7 Å². The van der Waals surface area contributed by atoms with Gasteiger partial charge in [0, 0.05) is 42.4 Å². The van der Waals surface area contributed by atoms with E-state index < -0.39 is 0 Å². The minimum absolute atomic E-state index is 0.0999. The molecule has 1 aliphatic rings. The van der Waals surface area contributed by atoms with Crippen LogP contribution in [-0.4, -0.2) is 44.1 Å². The summed E-state index contributed by atoms with van der Waals surface area (Å²) in [5.41, 5.74) is 2.93. The Bertz CT molecular complexity index is 1050. The number of benzene rings is 1. The number of likely N-dealkylation sites (tertiary alicyclic amines) is 1. The molecule has 1 aliphatic heterocycles. The Kier molecular flexibility index (Phi) is 5.29. The number of hydrogen-bond acceptors (Lipinski definition) is 4. The normalized spacial score (nSPS) is 16.9. The molecule has 3 heterocycles. The van der Waals surface area contributed by atoms with E-state index in [-0.39, 0.29) is 28.9 Å². The van der Waals surface area contributed by atoms with Gasteiger partial charge in [0.2, 0.25) is 0 Å². The first-order valence-corrected chi connectivity index (χ1v) is 10.0. The van der Waals surface area contributed by atoms with E-state index in [0.29, 0.717) is 18.9 Å². The van der Waals surface area contributed by atoms with Crippen LogP contribution in [0.4, 0.5) is 0 Å². The van der Waals surface area contributed by atoms with Gasteiger partial charge in [0.25, 0.3) is 11.5 Å². The molecule has 3 aromatic rings. The molecule has 7 heteroatoms. The third-order valence-corrected chi connectivity index (χ3v) is 5.47. The van der Waals surface area contributed by atoms with Gasteiger partial charge in [0.1, 0.15) is 11.4 Å². The SMILES string of the molecule is CC(C)c1ncc(C(=O)N2CCC[C@@H](c3[nH]ncc3-c3ccccc3)C2)c(=O)[nH]1. The summed E-state index contributed by atoms with van der Waals surface area (Å²) >= 11 is 0. The molecule has 29 heavy (non-hydrogen) atoms. The van der Waals surface area contributed by atoms with Crippen LogP contribution < -0.4 is 5.56 Å². The van der Waals surface area contributed by atoms with Crippen molar-refractivity contribution in [2.24, 2.45) is 0 Å². The molecular formula is C22H25N5O2. The van der Waals surface area contributed by atoms with E-state index in [1.165, 1.54) is 6.20 Å². The van der Waals surface area contributed by atoms with Crippen LogP contribution >= 0.6 is 0 Å². The lowest BCUT2D eigenvalue weighted by molar-refractivity contribution is 0.0703. The molecule has 0 aliphatic carbocycles. The molecule has 1 amide bonds. The zero-order chi connectivity index (χ0) is 20.4. The van der Waals surface area contributed by atoms with E-state index in [1.807, 2.05) is 38.2 Å². The molecule has 1 atom stereocenters. The van der Waals surface area contributed by atoms with Crippen LogP contribution in [0, 0.1) is 0 Å². The highest BCUT2D eigenvalue weighted by Crippen LogP contribution is 2.33. The fraction of sp³-hybridized carbons (Fsp3) is 0.364. The van der Waals surface area contributed by atoms with Gasteiger partial charge in [-0.2, -0.15) is 5.10 Å². The number of aromatic amines is 2. The Morgan fingerprint density at radius 1 is 1.21 bits per heavy atom. The van der Waals surface area contributed by atoms with Crippen molar-refractivity contribution in [3.05, 3.63) is 70.2 Å². The minimum Gasteiger partial charge on any atom is -0.338 e. The largest absolute Gasteiger partial charge is 0.338 e. The summed E-state index contributed by atoms with van der Waals surface area (Å²) in [6.07, 6.45) is 5.09. The lowest BCUT2D eigenvalue weighted by Crippen LogP contribution is -2.41. The third-order valence-electron chi connectivity index (χ3n) is 5.47. The molecule has 150 valence electrons. The second-order valence-electron chi connectivity index (χ2n) is 7.82. The summed E-state index contributed by atoms with van der Waals surface area (Å²) in [4.78, 5) is 34.2. The number of rotatable bonds is 4. The van der Waals surface area contributed by atoms with Crippen LogP contribution in [0.2, 0.25) is 0 Å². The highest BCUT2D eigenvalue weighted by molar-refractivity contribution is 5.93. The van der Waals surface area contributed by atoms with E-state index in [1.54, 1.807) is 4.90 Å². The number of piperidine rings is 1. The van der Waals surface area contributed by atoms with Gasteiger partial charge in [-0.05, 0) is 18.4 Å². The van der Waals surface area contributed by atoms with E-state index >= 15 is 0 Å². The van der Waals surface area contributed by atoms with Crippen molar-refractivity contribution >= 4 is 5.91 Å². The Morgan fingerprint density at radius 3 is 2.72 bits per heavy atom. The van der Waals surface area contributed by atoms with E-state index in [4.69, 9.17) is 0 Å². The molecule has 0 spiro atoms. The van der Waals surface area contributed by atoms with Gasteiger partial charge in [-0.25, -0.2) is 4.98 Å². The van der Waals surface area contributed by atoms with Crippen LogP contribution in [0.1, 0.15) is 60.4 Å². The third kappa shape index (κ3) is 3.85. The molecule has 4 rings (SSSR count). The second-order valence-corrected chi connectivity index (χ2v) is 7.82. The van der Waals surface area contributed by atoms with Gasteiger partial charge < -0.3 is 9.88 Å². The average Bonchev–Trinajstić information content (AvgIpc) is 3.24. The highest BCUT2D eigenvalue weighted by Gasteiger charge is 2.29. The maximum atomic E-state index is 13.0. The summed E-state index contributed by atoms with van der Waals surface area (Å²) in [5.74, 6) is 0.572. The summed E-state index contributed by atoms with van der Waals surface area (Å²) in [7, 11) is 0. The molecule has 0 saturated carbocycles. The van der Waals surface area contributed by atoms with Gasteiger partial charge in [-0.1, -0.05) is 44.2 Å². The minimum atomic E-state index is -0.373. The van der Waals surface area contributed by atoms with Crippen molar-refractivity contribution in [3.63, 3.8) is 0 Å². The second kappa shape index (κ2) is 8.03. The quantitative estimate of drug-likeness (QED) is 0.713. The first kappa shape index (κ1) is 19.1. The van der Waals surface area contributed by atoms with Crippen LogP contribution in [0.15, 0.2) is 47.5 Å². The fourth-order valence-corrected chi connectivity index (χ4v) is 3.88. The number of H-pyrrole nitrogens is 2. The first-order chi connectivity index (χ1) is 14.0. The first-order valence-electron chi connectivity index (χ1n) is 10.0. The Hall–Kier alpha value is -3.22. The Balaban J connectivity index is 1.56. The molecule has 1 saturated heterocycles. The van der Waals surface area contributed by atoms with Crippen molar-refractivity contribution in [2.45, 2.75) is 38.5 Å². The molecule has 0 bridgehead atoms. The monoisotopic (exact) mass is 391 g/mol. The molecule has 1 aromatic carbocycles. The molecule has 2 aromatic heterocycles. The van der Waals surface area contributed by atoms with Gasteiger partial charge >= 0.3 is 0 Å². The number of nitrogens with zero attached hydrogens (tertiary/aromatic N) is 3. The van der Waals surface area contributed by atoms with Crippen molar-refractivity contribution in [1.29, 1.82) is 0 Å². The number of hydrogen-bond donors (Lipinski definition) is 2. The lowest BCUT2D eigenvalue weighted by atomic mass is 9.90. The molecule has 2 N–H and O–H groups in total. The summed E-state index contributed by atoms with van der Waals surface area (Å²) in [6.45, 7) is 5.08.